The van der Waals surface area contributed by atoms with Crippen LogP contribution in [-0.4, -0.2) is 37.1 Å². The minimum absolute atomic E-state index is 0.210. The number of amides is 1. The number of hydrogen-bond acceptors (Lipinski definition) is 3. The number of furan rings is 1. The molecule has 0 radical (unpaired) electrons. The number of benzene rings is 1. The number of ether oxygens (including phenoxy) is 1. The number of carbonyl (C=O) groups is 1. The van der Waals surface area contributed by atoms with E-state index in [9.17, 15) is 4.79 Å². The lowest BCUT2D eigenvalue weighted by molar-refractivity contribution is -0.130. The van der Waals surface area contributed by atoms with Gasteiger partial charge < -0.3 is 14.1 Å². The summed E-state index contributed by atoms with van der Waals surface area (Å²) < 4.78 is 11.4. The molecule has 4 rings (SSSR count). The van der Waals surface area contributed by atoms with E-state index in [0.717, 1.165) is 61.4 Å². The monoisotopic (exact) mass is 313 g/mol. The van der Waals surface area contributed by atoms with E-state index in [1.54, 1.807) is 0 Å². The lowest BCUT2D eigenvalue weighted by Gasteiger charge is -2.33. The number of fused-ring (bicyclic) bond motifs is 1. The van der Waals surface area contributed by atoms with Crippen molar-refractivity contribution in [3.8, 4) is 0 Å². The predicted molar refractivity (Wildman–Crippen MR) is 88.3 cm³/mol. The molecule has 0 N–H and O–H groups in total. The molecule has 2 aromatic rings. The number of rotatable bonds is 2. The quantitative estimate of drug-likeness (QED) is 0.854. The van der Waals surface area contributed by atoms with Gasteiger partial charge in [-0.25, -0.2) is 0 Å². The third kappa shape index (κ3) is 2.65. The summed E-state index contributed by atoms with van der Waals surface area (Å²) >= 11 is 0. The van der Waals surface area contributed by atoms with Crippen LogP contribution in [0.1, 0.15) is 30.6 Å². The van der Waals surface area contributed by atoms with Gasteiger partial charge in [0.05, 0.1) is 13.0 Å². The van der Waals surface area contributed by atoms with Gasteiger partial charge >= 0.3 is 0 Å². The van der Waals surface area contributed by atoms with Crippen LogP contribution in [0, 0.1) is 12.3 Å². The molecule has 3 heterocycles. The van der Waals surface area contributed by atoms with Crippen molar-refractivity contribution in [1.29, 1.82) is 0 Å². The molecule has 0 bridgehead atoms. The van der Waals surface area contributed by atoms with Crippen LogP contribution in [0.25, 0.3) is 11.0 Å². The second kappa shape index (κ2) is 5.68. The van der Waals surface area contributed by atoms with Gasteiger partial charge in [-0.05, 0) is 32.3 Å². The molecule has 1 aromatic heterocycles. The van der Waals surface area contributed by atoms with Crippen molar-refractivity contribution in [2.75, 3.05) is 26.3 Å². The molecule has 1 spiro atoms. The molecule has 4 heteroatoms. The zero-order chi connectivity index (χ0) is 15.9. The molecule has 1 aromatic carbocycles. The summed E-state index contributed by atoms with van der Waals surface area (Å²) in [4.78, 5) is 14.8. The van der Waals surface area contributed by atoms with Crippen LogP contribution in [0.15, 0.2) is 28.7 Å². The summed E-state index contributed by atoms with van der Waals surface area (Å²) in [5, 5.41) is 1.06. The van der Waals surface area contributed by atoms with Gasteiger partial charge in [-0.3, -0.25) is 4.79 Å². The van der Waals surface area contributed by atoms with Crippen molar-refractivity contribution in [1.82, 2.24) is 4.90 Å². The summed E-state index contributed by atoms with van der Waals surface area (Å²) in [5.74, 6) is 1.07. The Labute approximate surface area is 136 Å². The Bertz CT molecular complexity index is 727. The number of aryl methyl sites for hydroxylation is 1. The van der Waals surface area contributed by atoms with Crippen LogP contribution >= 0.6 is 0 Å². The topological polar surface area (TPSA) is 42.7 Å². The molecule has 122 valence electrons. The number of carbonyl (C=O) groups excluding carboxylic acids is 1. The summed E-state index contributed by atoms with van der Waals surface area (Å²) in [7, 11) is 0. The lowest BCUT2D eigenvalue weighted by atomic mass is 9.82. The Morgan fingerprint density at radius 1 is 1.30 bits per heavy atom. The Kier molecular flexibility index (Phi) is 3.64. The van der Waals surface area contributed by atoms with Crippen LogP contribution < -0.4 is 0 Å². The third-order valence-electron chi connectivity index (χ3n) is 5.42. The van der Waals surface area contributed by atoms with E-state index in [0.29, 0.717) is 6.42 Å². The predicted octanol–water partition coefficient (Wildman–Crippen LogP) is 3.31. The van der Waals surface area contributed by atoms with Crippen molar-refractivity contribution < 1.29 is 13.9 Å². The smallest absolute Gasteiger partial charge is 0.227 e. The van der Waals surface area contributed by atoms with Crippen molar-refractivity contribution in [3.63, 3.8) is 0 Å². The fourth-order valence-electron chi connectivity index (χ4n) is 4.08. The molecule has 0 saturated carbocycles. The zero-order valence-corrected chi connectivity index (χ0v) is 13.6. The number of hydrogen-bond donors (Lipinski definition) is 0. The highest BCUT2D eigenvalue weighted by Gasteiger charge is 2.41. The molecule has 23 heavy (non-hydrogen) atoms. The Morgan fingerprint density at radius 2 is 2.17 bits per heavy atom. The zero-order valence-electron chi connectivity index (χ0n) is 13.6. The largest absolute Gasteiger partial charge is 0.461 e. The first-order valence-electron chi connectivity index (χ1n) is 8.49. The van der Waals surface area contributed by atoms with Gasteiger partial charge in [0.2, 0.25) is 5.91 Å². The average Bonchev–Trinajstić information content (AvgIpc) is 3.10. The van der Waals surface area contributed by atoms with Gasteiger partial charge in [-0.1, -0.05) is 18.2 Å². The summed E-state index contributed by atoms with van der Waals surface area (Å²) in [6, 6.07) is 7.95. The molecule has 2 aliphatic rings. The maximum absolute atomic E-state index is 12.8. The van der Waals surface area contributed by atoms with Gasteiger partial charge in [0.15, 0.2) is 0 Å². The minimum atomic E-state index is 0.210. The molecule has 2 fully saturated rings. The van der Waals surface area contributed by atoms with Crippen LogP contribution in [-0.2, 0) is 16.0 Å². The molecular weight excluding hydrogens is 290 g/mol. The molecule has 1 atom stereocenters. The summed E-state index contributed by atoms with van der Waals surface area (Å²) in [6.07, 6.45) is 3.81. The SMILES string of the molecule is Cc1oc2ccccc2c1CC(=O)N1CCC2(CCCOC2)C1. The van der Waals surface area contributed by atoms with Crippen LogP contribution in [0.2, 0.25) is 0 Å². The molecule has 2 aliphatic heterocycles. The van der Waals surface area contributed by atoms with Crippen LogP contribution in [0.5, 0.6) is 0 Å². The Morgan fingerprint density at radius 3 is 3.00 bits per heavy atom. The Balaban J connectivity index is 1.50. The van der Waals surface area contributed by atoms with Gasteiger partial charge in [0.25, 0.3) is 0 Å². The fourth-order valence-corrected chi connectivity index (χ4v) is 4.08. The van der Waals surface area contributed by atoms with E-state index in [1.165, 1.54) is 6.42 Å². The van der Waals surface area contributed by atoms with E-state index in [1.807, 2.05) is 36.1 Å². The summed E-state index contributed by atoms with van der Waals surface area (Å²) in [5.41, 5.74) is 2.11. The van der Waals surface area contributed by atoms with Gasteiger partial charge in [0, 0.05) is 36.1 Å². The molecule has 4 nitrogen and oxygen atoms in total. The highest BCUT2D eigenvalue weighted by atomic mass is 16.5. The number of para-hydroxylation sites is 1. The molecule has 1 unspecified atom stereocenters. The van der Waals surface area contributed by atoms with Gasteiger partial charge in [-0.15, -0.1) is 0 Å². The molecule has 2 saturated heterocycles. The van der Waals surface area contributed by atoms with Crippen molar-refractivity contribution in [2.45, 2.75) is 32.6 Å². The van der Waals surface area contributed by atoms with E-state index in [4.69, 9.17) is 9.15 Å². The highest BCUT2D eigenvalue weighted by Crippen LogP contribution is 2.38. The first-order valence-corrected chi connectivity index (χ1v) is 8.49. The Hall–Kier alpha value is -1.81. The molecular formula is C19H23NO3. The van der Waals surface area contributed by atoms with Crippen molar-refractivity contribution >= 4 is 16.9 Å². The van der Waals surface area contributed by atoms with Crippen molar-refractivity contribution in [3.05, 3.63) is 35.6 Å². The van der Waals surface area contributed by atoms with E-state index in [-0.39, 0.29) is 11.3 Å². The first kappa shape index (κ1) is 14.8. The van der Waals surface area contributed by atoms with Crippen LogP contribution in [0.3, 0.4) is 0 Å². The number of nitrogens with zero attached hydrogens (tertiary/aromatic N) is 1. The maximum Gasteiger partial charge on any atom is 0.227 e. The lowest BCUT2D eigenvalue weighted by Crippen LogP contribution is -2.37. The number of likely N-dealkylation sites (tertiary alicyclic amines) is 1. The summed E-state index contributed by atoms with van der Waals surface area (Å²) in [6.45, 7) is 5.33. The van der Waals surface area contributed by atoms with Gasteiger partial charge in [-0.2, -0.15) is 0 Å². The second-order valence-corrected chi connectivity index (χ2v) is 7.03. The van der Waals surface area contributed by atoms with Crippen molar-refractivity contribution in [2.24, 2.45) is 5.41 Å². The second-order valence-electron chi connectivity index (χ2n) is 7.03. The average molecular weight is 313 g/mol. The van der Waals surface area contributed by atoms with E-state index >= 15 is 0 Å². The third-order valence-corrected chi connectivity index (χ3v) is 5.42. The standard InChI is InChI=1S/C19H23NO3/c1-14-16(15-5-2-3-6-17(15)23-14)11-18(21)20-9-8-19(12-20)7-4-10-22-13-19/h2-3,5-6H,4,7-13H2,1H3. The maximum atomic E-state index is 12.8. The van der Waals surface area contributed by atoms with E-state index < -0.39 is 0 Å². The fraction of sp³-hybridized carbons (Fsp3) is 0.526. The molecule has 0 aliphatic carbocycles. The minimum Gasteiger partial charge on any atom is -0.461 e. The highest BCUT2D eigenvalue weighted by molar-refractivity contribution is 5.88. The van der Waals surface area contributed by atoms with Gasteiger partial charge in [0.1, 0.15) is 11.3 Å². The normalized spacial score (nSPS) is 24.7. The first-order chi connectivity index (χ1) is 11.2. The molecule has 1 amide bonds. The van der Waals surface area contributed by atoms with Crippen LogP contribution in [0.4, 0.5) is 0 Å². The van der Waals surface area contributed by atoms with E-state index in [2.05, 4.69) is 0 Å².